The maximum atomic E-state index is 11.0. The van der Waals surface area contributed by atoms with Crippen LogP contribution in [0.5, 0.6) is 0 Å². The van der Waals surface area contributed by atoms with Gasteiger partial charge in [0.15, 0.2) is 5.52 Å². The number of benzene rings is 1. The molecule has 1 aromatic carbocycles. The number of non-ortho nitro benzene ring substituents is 1. The zero-order valence-electron chi connectivity index (χ0n) is 8.78. The van der Waals surface area contributed by atoms with Gasteiger partial charge in [-0.15, -0.1) is 0 Å². The zero-order valence-corrected chi connectivity index (χ0v) is 10.3. The molecule has 1 aliphatic rings. The van der Waals surface area contributed by atoms with Crippen LogP contribution in [0.15, 0.2) is 23.4 Å². The average Bonchev–Trinajstić information content (AvgIpc) is 2.27. The molecule has 0 saturated carbocycles. The van der Waals surface area contributed by atoms with Crippen LogP contribution in [0, 0.1) is 10.1 Å². The predicted molar refractivity (Wildman–Crippen MR) is 70.9 cm³/mol. The van der Waals surface area contributed by atoms with Gasteiger partial charge in [0.05, 0.1) is 4.92 Å². The van der Waals surface area contributed by atoms with Gasteiger partial charge in [0.2, 0.25) is 0 Å². The summed E-state index contributed by atoms with van der Waals surface area (Å²) in [7, 11) is 0. The number of nitro benzene ring substituents is 1. The maximum absolute atomic E-state index is 11.0. The monoisotopic (exact) mass is 281 g/mol. The van der Waals surface area contributed by atoms with Crippen LogP contribution in [0.3, 0.4) is 0 Å². The summed E-state index contributed by atoms with van der Waals surface area (Å²) >= 11 is 11.8. The predicted octanol–water partition coefficient (Wildman–Crippen LogP) is 3.76. The molecule has 90 valence electrons. The fraction of sp³-hybridized carbons (Fsp3) is 0. The Morgan fingerprint density at radius 3 is 2.83 bits per heavy atom. The van der Waals surface area contributed by atoms with E-state index >= 15 is 0 Å². The van der Waals surface area contributed by atoms with Crippen molar-refractivity contribution in [2.45, 2.75) is 0 Å². The second-order valence-electron chi connectivity index (χ2n) is 3.76. The SMILES string of the molecule is O=[N+]([O-])c1ccc2c3c(cc(Cl)nc13)C=C(Cl)N2. The van der Waals surface area contributed by atoms with Crippen molar-refractivity contribution in [3.8, 4) is 0 Å². The van der Waals surface area contributed by atoms with Gasteiger partial charge in [0.1, 0.15) is 10.3 Å². The summed E-state index contributed by atoms with van der Waals surface area (Å²) in [6.45, 7) is 0. The normalized spacial score (nSPS) is 13.1. The lowest BCUT2D eigenvalue weighted by Crippen LogP contribution is -2.03. The maximum Gasteiger partial charge on any atom is 0.295 e. The number of nitrogens with one attached hydrogen (secondary N) is 1. The van der Waals surface area contributed by atoms with E-state index in [1.165, 1.54) is 6.07 Å². The van der Waals surface area contributed by atoms with Gasteiger partial charge in [-0.2, -0.15) is 0 Å². The highest BCUT2D eigenvalue weighted by Gasteiger charge is 2.21. The minimum Gasteiger partial charge on any atom is -0.346 e. The summed E-state index contributed by atoms with van der Waals surface area (Å²) in [5.41, 5.74) is 1.58. The first-order chi connectivity index (χ1) is 8.56. The molecule has 0 unspecified atom stereocenters. The van der Waals surface area contributed by atoms with E-state index in [2.05, 4.69) is 10.3 Å². The zero-order chi connectivity index (χ0) is 12.9. The number of nitro groups is 1. The molecule has 2 aromatic rings. The van der Waals surface area contributed by atoms with Gasteiger partial charge in [-0.25, -0.2) is 4.98 Å². The minimum absolute atomic E-state index is 0.0780. The quantitative estimate of drug-likeness (QED) is 0.374. The highest BCUT2D eigenvalue weighted by Crippen LogP contribution is 2.38. The molecule has 0 spiro atoms. The van der Waals surface area contributed by atoms with Gasteiger partial charge in [-0.1, -0.05) is 23.2 Å². The van der Waals surface area contributed by atoms with Crippen molar-refractivity contribution in [2.24, 2.45) is 0 Å². The molecule has 0 bridgehead atoms. The first-order valence-electron chi connectivity index (χ1n) is 4.98. The third kappa shape index (κ3) is 1.60. The molecule has 0 saturated heterocycles. The number of halogens is 2. The Hall–Kier alpha value is -1.85. The van der Waals surface area contributed by atoms with Gasteiger partial charge >= 0.3 is 0 Å². The van der Waals surface area contributed by atoms with E-state index < -0.39 is 4.92 Å². The van der Waals surface area contributed by atoms with Gasteiger partial charge in [0, 0.05) is 17.1 Å². The molecule has 0 amide bonds. The molecule has 0 aliphatic carbocycles. The lowest BCUT2D eigenvalue weighted by molar-refractivity contribution is -0.383. The van der Waals surface area contributed by atoms with E-state index in [-0.39, 0.29) is 16.4 Å². The lowest BCUT2D eigenvalue weighted by Gasteiger charge is -2.16. The molecule has 0 atom stereocenters. The second-order valence-corrected chi connectivity index (χ2v) is 4.56. The third-order valence-electron chi connectivity index (χ3n) is 2.67. The Morgan fingerprint density at radius 2 is 2.11 bits per heavy atom. The van der Waals surface area contributed by atoms with E-state index in [9.17, 15) is 10.1 Å². The second kappa shape index (κ2) is 3.83. The van der Waals surface area contributed by atoms with Crippen LogP contribution in [-0.2, 0) is 0 Å². The van der Waals surface area contributed by atoms with Crippen molar-refractivity contribution >= 4 is 51.6 Å². The van der Waals surface area contributed by atoms with Gasteiger partial charge in [0.25, 0.3) is 5.69 Å². The molecular weight excluding hydrogens is 277 g/mol. The fourth-order valence-corrected chi connectivity index (χ4v) is 2.41. The molecule has 2 heterocycles. The first kappa shape index (κ1) is 11.3. The van der Waals surface area contributed by atoms with Crippen LogP contribution in [0.4, 0.5) is 11.4 Å². The highest BCUT2D eigenvalue weighted by molar-refractivity contribution is 6.35. The molecule has 7 heteroatoms. The Morgan fingerprint density at radius 1 is 1.33 bits per heavy atom. The van der Waals surface area contributed by atoms with Crippen molar-refractivity contribution in [3.05, 3.63) is 44.2 Å². The number of hydrogen-bond donors (Lipinski definition) is 1. The largest absolute Gasteiger partial charge is 0.346 e. The van der Waals surface area contributed by atoms with Gasteiger partial charge in [-0.05, 0) is 23.8 Å². The van der Waals surface area contributed by atoms with Crippen LogP contribution in [0.1, 0.15) is 5.56 Å². The van der Waals surface area contributed by atoms with E-state index in [0.717, 1.165) is 0 Å². The van der Waals surface area contributed by atoms with Crippen molar-refractivity contribution in [1.29, 1.82) is 0 Å². The van der Waals surface area contributed by atoms with Crippen LogP contribution >= 0.6 is 23.2 Å². The Bertz CT molecular complexity index is 728. The topological polar surface area (TPSA) is 68.1 Å². The molecule has 1 aromatic heterocycles. The van der Waals surface area contributed by atoms with Crippen molar-refractivity contribution in [3.63, 3.8) is 0 Å². The molecule has 0 fully saturated rings. The fourth-order valence-electron chi connectivity index (χ4n) is 1.99. The minimum atomic E-state index is -0.480. The van der Waals surface area contributed by atoms with Crippen LogP contribution < -0.4 is 5.32 Å². The first-order valence-corrected chi connectivity index (χ1v) is 5.74. The van der Waals surface area contributed by atoms with Crippen LogP contribution in [-0.4, -0.2) is 9.91 Å². The summed E-state index contributed by atoms with van der Waals surface area (Å²) in [5.74, 6) is 0. The van der Waals surface area contributed by atoms with Crippen LogP contribution in [0.2, 0.25) is 5.15 Å². The van der Waals surface area contributed by atoms with Gasteiger partial charge in [-0.3, -0.25) is 10.1 Å². The Kier molecular flexibility index (Phi) is 2.39. The average molecular weight is 282 g/mol. The molecule has 1 aliphatic heterocycles. The number of hydrogen-bond acceptors (Lipinski definition) is 4. The summed E-state index contributed by atoms with van der Waals surface area (Å²) in [6, 6.07) is 4.61. The number of nitrogens with zero attached hydrogens (tertiary/aromatic N) is 2. The van der Waals surface area contributed by atoms with Crippen molar-refractivity contribution in [1.82, 2.24) is 4.98 Å². The number of pyridine rings is 1. The highest BCUT2D eigenvalue weighted by atomic mass is 35.5. The smallest absolute Gasteiger partial charge is 0.295 e. The van der Waals surface area contributed by atoms with Gasteiger partial charge < -0.3 is 5.32 Å². The number of rotatable bonds is 1. The molecule has 3 rings (SSSR count). The van der Waals surface area contributed by atoms with E-state index in [4.69, 9.17) is 23.2 Å². The van der Waals surface area contributed by atoms with Crippen molar-refractivity contribution < 1.29 is 4.92 Å². The standard InChI is InChI=1S/C11H5Cl2N3O2/c12-8-3-5-4-9(13)15-11-7(16(17)18)2-1-6(14-8)10(5)11/h1-4,14H. The third-order valence-corrected chi connectivity index (χ3v) is 3.07. The van der Waals surface area contributed by atoms with Crippen LogP contribution in [0.25, 0.3) is 17.0 Å². The summed E-state index contributed by atoms with van der Waals surface area (Å²) in [6.07, 6.45) is 1.66. The molecule has 1 N–H and O–H groups in total. The molecule has 0 radical (unpaired) electrons. The Labute approximate surface area is 111 Å². The number of aromatic nitrogens is 1. The molecule has 18 heavy (non-hydrogen) atoms. The van der Waals surface area contributed by atoms with E-state index in [1.54, 1.807) is 18.2 Å². The lowest BCUT2D eigenvalue weighted by atomic mass is 10.0. The summed E-state index contributed by atoms with van der Waals surface area (Å²) in [5, 5.41) is 15.2. The number of anilines is 1. The van der Waals surface area contributed by atoms with Crippen molar-refractivity contribution in [2.75, 3.05) is 5.32 Å². The Balaban J connectivity index is 2.49. The molecule has 5 nitrogen and oxygen atoms in total. The van der Waals surface area contributed by atoms with E-state index in [1.807, 2.05) is 0 Å². The summed E-state index contributed by atoms with van der Waals surface area (Å²) in [4.78, 5) is 14.5. The summed E-state index contributed by atoms with van der Waals surface area (Å²) < 4.78 is 0. The van der Waals surface area contributed by atoms with E-state index in [0.29, 0.717) is 21.8 Å². The molecular formula is C11H5Cl2N3O2.